The highest BCUT2D eigenvalue weighted by molar-refractivity contribution is 7.80. The Labute approximate surface area is 225 Å². The molecule has 0 fully saturated rings. The summed E-state index contributed by atoms with van der Waals surface area (Å²) < 4.78 is 56.4. The lowest BCUT2D eigenvalue weighted by atomic mass is 10.1. The third kappa shape index (κ3) is 6.22. The van der Waals surface area contributed by atoms with Crippen LogP contribution in [0.2, 0.25) is 0 Å². The molecule has 11 heteroatoms. The van der Waals surface area contributed by atoms with Gasteiger partial charge in [0.05, 0.1) is 31.3 Å². The number of anilines is 1. The van der Waals surface area contributed by atoms with Crippen molar-refractivity contribution < 1.29 is 27.1 Å². The molecular weight excluding hydrogens is 531 g/mol. The number of H-pyrrole nitrogens is 1. The number of nitrogens with one attached hydrogen (secondary N) is 3. The van der Waals surface area contributed by atoms with E-state index in [0.29, 0.717) is 45.0 Å². The number of benzene rings is 3. The van der Waals surface area contributed by atoms with Crippen LogP contribution in [0.5, 0.6) is 5.75 Å². The lowest BCUT2D eigenvalue weighted by Crippen LogP contribution is -2.28. The summed E-state index contributed by atoms with van der Waals surface area (Å²) in [5, 5.41) is 7.70. The summed E-state index contributed by atoms with van der Waals surface area (Å²) in [7, 11) is -1.79. The zero-order valence-corrected chi connectivity index (χ0v) is 22.9. The van der Waals surface area contributed by atoms with E-state index in [1.54, 1.807) is 45.2 Å². The number of hydrogen-bond donors (Lipinski definition) is 3. The third-order valence-electron chi connectivity index (χ3n) is 5.72. The first-order valence-electron chi connectivity index (χ1n) is 12.0. The Morgan fingerprint density at radius 1 is 0.974 bits per heavy atom. The lowest BCUT2D eigenvalue weighted by Gasteiger charge is -2.17. The monoisotopic (exact) mass is 559 g/mol. The number of ether oxygens (including phenoxy) is 1. The van der Waals surface area contributed by atoms with Crippen molar-refractivity contribution in [1.82, 2.24) is 10.3 Å². The fourth-order valence-electron chi connectivity index (χ4n) is 3.93. The van der Waals surface area contributed by atoms with Gasteiger partial charge in [-0.1, -0.05) is 12.1 Å². The second-order valence-corrected chi connectivity index (χ2v) is 10.7. The Hall–Kier alpha value is -3.30. The van der Waals surface area contributed by atoms with E-state index in [9.17, 15) is 13.3 Å². The molecule has 1 aromatic heterocycles. The predicted molar refractivity (Wildman–Crippen MR) is 150 cm³/mol. The minimum Gasteiger partial charge on any atom is -0.495 e. The van der Waals surface area contributed by atoms with Crippen molar-refractivity contribution in [1.29, 1.82) is 0 Å². The van der Waals surface area contributed by atoms with E-state index in [1.165, 1.54) is 0 Å². The second kappa shape index (κ2) is 12.0. The van der Waals surface area contributed by atoms with Gasteiger partial charge in [-0.3, -0.25) is 4.57 Å². The van der Waals surface area contributed by atoms with Crippen LogP contribution in [0.25, 0.3) is 22.2 Å². The van der Waals surface area contributed by atoms with E-state index < -0.39 is 19.2 Å². The largest absolute Gasteiger partial charge is 0.495 e. The third-order valence-corrected chi connectivity index (χ3v) is 8.10. The molecule has 38 heavy (non-hydrogen) atoms. The second-order valence-electron chi connectivity index (χ2n) is 8.26. The van der Waals surface area contributed by atoms with Crippen LogP contribution in [-0.2, 0) is 20.2 Å². The number of methoxy groups -OCH3 is 1. The molecule has 200 valence electrons. The molecule has 0 atom stereocenters. The standard InChI is InChI=1S/C27H28F2N3O4PS/c1-4-35-37(33,36-5-2)20-9-6-17(7-10-20)16-30-27(38)32-25-13-18(8-11-26(25)34-3)23-14-19-12-21(28)22(29)15-24(19)31-23/h6-15,31H,4-5,16H2,1-3H3,(H2,30,32,38). The zero-order valence-electron chi connectivity index (χ0n) is 21.1. The van der Waals surface area contributed by atoms with Gasteiger partial charge in [0, 0.05) is 34.8 Å². The fraction of sp³-hybridized carbons (Fsp3) is 0.222. The first kappa shape index (κ1) is 27.7. The normalized spacial score (nSPS) is 11.5. The molecule has 3 N–H and O–H groups in total. The van der Waals surface area contributed by atoms with Crippen molar-refractivity contribution in [3.05, 3.63) is 77.9 Å². The molecule has 0 bridgehead atoms. The highest BCUT2D eigenvalue weighted by Crippen LogP contribution is 2.46. The Morgan fingerprint density at radius 2 is 1.66 bits per heavy atom. The van der Waals surface area contributed by atoms with E-state index >= 15 is 0 Å². The molecule has 1 heterocycles. The number of fused-ring (bicyclic) bond motifs is 1. The van der Waals surface area contributed by atoms with Gasteiger partial charge in [0.15, 0.2) is 16.7 Å². The van der Waals surface area contributed by atoms with Gasteiger partial charge in [0.2, 0.25) is 0 Å². The maximum atomic E-state index is 13.6. The van der Waals surface area contributed by atoms with Gasteiger partial charge >= 0.3 is 7.60 Å². The maximum absolute atomic E-state index is 13.6. The van der Waals surface area contributed by atoms with E-state index in [4.69, 9.17) is 26.0 Å². The minimum absolute atomic E-state index is 0.280. The van der Waals surface area contributed by atoms with Crippen LogP contribution in [-0.4, -0.2) is 30.4 Å². The quantitative estimate of drug-likeness (QED) is 0.151. The predicted octanol–water partition coefficient (Wildman–Crippen LogP) is 6.50. The smallest absolute Gasteiger partial charge is 0.361 e. The molecule has 0 aliphatic carbocycles. The van der Waals surface area contributed by atoms with E-state index in [-0.39, 0.29) is 13.2 Å². The molecule has 7 nitrogen and oxygen atoms in total. The molecule has 0 saturated heterocycles. The average molecular weight is 560 g/mol. The molecule has 0 aliphatic heterocycles. The van der Waals surface area contributed by atoms with Crippen molar-refractivity contribution in [2.24, 2.45) is 0 Å². The molecule has 3 aromatic carbocycles. The summed E-state index contributed by atoms with van der Waals surface area (Å²) in [6.45, 7) is 4.52. The summed E-state index contributed by atoms with van der Waals surface area (Å²) in [6.07, 6.45) is 0. The first-order valence-corrected chi connectivity index (χ1v) is 13.9. The Bertz CT molecular complexity index is 1440. The SMILES string of the molecule is CCOP(=O)(OCC)c1ccc(CNC(=S)Nc2cc(-c3cc4cc(F)c(F)cc4[nH]3)ccc2OC)cc1. The van der Waals surface area contributed by atoms with Crippen LogP contribution >= 0.6 is 19.8 Å². The van der Waals surface area contributed by atoms with E-state index in [2.05, 4.69) is 15.6 Å². The maximum Gasteiger partial charge on any atom is 0.361 e. The Kier molecular flexibility index (Phi) is 8.79. The van der Waals surface area contributed by atoms with E-state index in [0.717, 1.165) is 23.3 Å². The van der Waals surface area contributed by atoms with Gasteiger partial charge in [-0.05, 0) is 74.1 Å². The van der Waals surface area contributed by atoms with Crippen molar-refractivity contribution in [2.75, 3.05) is 25.6 Å². The van der Waals surface area contributed by atoms with Crippen LogP contribution in [0.15, 0.2) is 60.7 Å². The topological polar surface area (TPSA) is 84.6 Å². The number of hydrogen-bond acceptors (Lipinski definition) is 5. The molecular formula is C27H28F2N3O4PS. The van der Waals surface area contributed by atoms with Gasteiger partial charge in [-0.15, -0.1) is 0 Å². The van der Waals surface area contributed by atoms with Gasteiger partial charge < -0.3 is 29.4 Å². The molecule has 0 radical (unpaired) electrons. The molecule has 0 aliphatic rings. The van der Waals surface area contributed by atoms with Gasteiger partial charge in [-0.2, -0.15) is 0 Å². The first-order chi connectivity index (χ1) is 18.3. The molecule has 0 unspecified atom stereocenters. The average Bonchev–Trinajstić information content (AvgIpc) is 3.31. The summed E-state index contributed by atoms with van der Waals surface area (Å²) in [4.78, 5) is 3.11. The number of thiocarbonyl (C=S) groups is 1. The van der Waals surface area contributed by atoms with Gasteiger partial charge in [0.25, 0.3) is 0 Å². The minimum atomic E-state index is -3.34. The highest BCUT2D eigenvalue weighted by Gasteiger charge is 2.26. The molecule has 4 aromatic rings. The van der Waals surface area contributed by atoms with Gasteiger partial charge in [0.1, 0.15) is 5.75 Å². The molecule has 0 amide bonds. The number of aromatic nitrogens is 1. The van der Waals surface area contributed by atoms with Crippen LogP contribution in [0, 0.1) is 11.6 Å². The zero-order chi connectivity index (χ0) is 27.3. The van der Waals surface area contributed by atoms with Crippen LogP contribution in [0.1, 0.15) is 19.4 Å². The Morgan fingerprint density at radius 3 is 2.32 bits per heavy atom. The lowest BCUT2D eigenvalue weighted by molar-refractivity contribution is 0.230. The van der Waals surface area contributed by atoms with Crippen molar-refractivity contribution >= 4 is 46.8 Å². The van der Waals surface area contributed by atoms with Crippen molar-refractivity contribution in [3.63, 3.8) is 0 Å². The summed E-state index contributed by atoms with van der Waals surface area (Å²) in [6, 6.07) is 16.6. The van der Waals surface area contributed by atoms with Crippen molar-refractivity contribution in [3.8, 4) is 17.0 Å². The highest BCUT2D eigenvalue weighted by atomic mass is 32.1. The van der Waals surface area contributed by atoms with Crippen LogP contribution in [0.4, 0.5) is 14.5 Å². The Balaban J connectivity index is 1.45. The fourth-order valence-corrected chi connectivity index (χ4v) is 5.68. The summed E-state index contributed by atoms with van der Waals surface area (Å²) >= 11 is 5.48. The van der Waals surface area contributed by atoms with Crippen LogP contribution in [0.3, 0.4) is 0 Å². The summed E-state index contributed by atoms with van der Waals surface area (Å²) in [5.74, 6) is -1.24. The molecule has 0 saturated carbocycles. The molecule has 0 spiro atoms. The van der Waals surface area contributed by atoms with Crippen molar-refractivity contribution in [2.45, 2.75) is 20.4 Å². The number of halogens is 2. The molecule has 4 rings (SSSR count). The van der Waals surface area contributed by atoms with E-state index in [1.807, 2.05) is 24.3 Å². The van der Waals surface area contributed by atoms with Crippen LogP contribution < -0.4 is 20.7 Å². The number of rotatable bonds is 10. The number of aromatic amines is 1. The summed E-state index contributed by atoms with van der Waals surface area (Å²) in [5.41, 5.74) is 3.48. The van der Waals surface area contributed by atoms with Gasteiger partial charge in [-0.25, -0.2) is 8.78 Å².